The van der Waals surface area contributed by atoms with Gasteiger partial charge in [-0.25, -0.2) is 0 Å². The van der Waals surface area contributed by atoms with Crippen molar-refractivity contribution in [1.29, 1.82) is 0 Å². The summed E-state index contributed by atoms with van der Waals surface area (Å²) >= 11 is 0. The third kappa shape index (κ3) is 2.42. The third-order valence-corrected chi connectivity index (χ3v) is 2.22. The van der Waals surface area contributed by atoms with Crippen LogP contribution in [0, 0.1) is 5.41 Å². The molecule has 4 heteroatoms. The molecule has 1 fully saturated rings. The molecule has 0 aromatic carbocycles. The fourth-order valence-corrected chi connectivity index (χ4v) is 1.17. The van der Waals surface area contributed by atoms with E-state index in [1.54, 1.807) is 6.92 Å². The van der Waals surface area contributed by atoms with Gasteiger partial charge in [-0.15, -0.1) is 0 Å². The molecule has 4 nitrogen and oxygen atoms in total. The zero-order valence-electron chi connectivity index (χ0n) is 8.08. The maximum absolute atomic E-state index is 10.8. The van der Waals surface area contributed by atoms with Crippen molar-refractivity contribution < 1.29 is 19.4 Å². The summed E-state index contributed by atoms with van der Waals surface area (Å²) in [6.07, 6.45) is 1.60. The summed E-state index contributed by atoms with van der Waals surface area (Å²) in [7, 11) is 0. The molecule has 0 saturated carbocycles. The summed E-state index contributed by atoms with van der Waals surface area (Å²) in [4.78, 5) is 10.8. The third-order valence-electron chi connectivity index (χ3n) is 2.22. The monoisotopic (exact) mass is 188 g/mol. The Morgan fingerprint density at radius 1 is 1.54 bits per heavy atom. The summed E-state index contributed by atoms with van der Waals surface area (Å²) in [6.45, 7) is 4.16. The van der Waals surface area contributed by atoms with Crippen molar-refractivity contribution in [2.24, 2.45) is 5.41 Å². The highest BCUT2D eigenvalue weighted by Gasteiger charge is 2.39. The van der Waals surface area contributed by atoms with Crippen LogP contribution in [-0.2, 0) is 14.3 Å². The Bertz CT molecular complexity index is 182. The van der Waals surface area contributed by atoms with E-state index >= 15 is 0 Å². The molecule has 13 heavy (non-hydrogen) atoms. The molecule has 1 saturated heterocycles. The molecule has 0 bridgehead atoms. The highest BCUT2D eigenvalue weighted by molar-refractivity contribution is 5.74. The summed E-state index contributed by atoms with van der Waals surface area (Å²) < 4.78 is 10.6. The molecule has 1 aliphatic heterocycles. The highest BCUT2D eigenvalue weighted by Crippen LogP contribution is 2.25. The van der Waals surface area contributed by atoms with E-state index in [1.165, 1.54) is 0 Å². The Kier molecular flexibility index (Phi) is 3.27. The minimum absolute atomic E-state index is 0.211. The van der Waals surface area contributed by atoms with Crippen molar-refractivity contribution in [3.8, 4) is 0 Å². The lowest BCUT2D eigenvalue weighted by atomic mass is 9.92. The first-order valence-corrected chi connectivity index (χ1v) is 4.55. The maximum Gasteiger partial charge on any atom is 0.314 e. The molecular weight excluding hydrogens is 172 g/mol. The molecule has 1 N–H and O–H groups in total. The van der Waals surface area contributed by atoms with Gasteiger partial charge in [0, 0.05) is 0 Å². The fourth-order valence-electron chi connectivity index (χ4n) is 1.17. The SMILES string of the molecule is CCCC1OCC(C)(C(=O)O)CO1. The van der Waals surface area contributed by atoms with Crippen LogP contribution < -0.4 is 0 Å². The van der Waals surface area contributed by atoms with Crippen LogP contribution in [0.1, 0.15) is 26.7 Å². The first-order valence-electron chi connectivity index (χ1n) is 4.55. The van der Waals surface area contributed by atoms with E-state index in [0.717, 1.165) is 12.8 Å². The number of carboxylic acids is 1. The second-order valence-corrected chi connectivity index (χ2v) is 3.71. The van der Waals surface area contributed by atoms with Crippen LogP contribution in [0.4, 0.5) is 0 Å². The average molecular weight is 188 g/mol. The van der Waals surface area contributed by atoms with Crippen LogP contribution in [0.3, 0.4) is 0 Å². The van der Waals surface area contributed by atoms with Crippen LogP contribution in [0.5, 0.6) is 0 Å². The number of aliphatic carboxylic acids is 1. The zero-order valence-corrected chi connectivity index (χ0v) is 8.08. The van der Waals surface area contributed by atoms with Crippen LogP contribution in [0.25, 0.3) is 0 Å². The van der Waals surface area contributed by atoms with Crippen molar-refractivity contribution in [3.05, 3.63) is 0 Å². The number of ether oxygens (including phenoxy) is 2. The van der Waals surface area contributed by atoms with Gasteiger partial charge < -0.3 is 14.6 Å². The van der Waals surface area contributed by atoms with Gasteiger partial charge in [-0.05, 0) is 13.3 Å². The topological polar surface area (TPSA) is 55.8 Å². The predicted octanol–water partition coefficient (Wildman–Crippen LogP) is 1.25. The van der Waals surface area contributed by atoms with Crippen LogP contribution in [0.15, 0.2) is 0 Å². The van der Waals surface area contributed by atoms with E-state index in [9.17, 15) is 4.79 Å². The molecule has 0 unspecified atom stereocenters. The largest absolute Gasteiger partial charge is 0.481 e. The Hall–Kier alpha value is -0.610. The molecule has 0 aliphatic carbocycles. The highest BCUT2D eigenvalue weighted by atomic mass is 16.7. The van der Waals surface area contributed by atoms with Gasteiger partial charge in [0.15, 0.2) is 6.29 Å². The Morgan fingerprint density at radius 2 is 2.08 bits per heavy atom. The first kappa shape index (κ1) is 10.5. The van der Waals surface area contributed by atoms with Crippen molar-refractivity contribution in [1.82, 2.24) is 0 Å². The first-order chi connectivity index (χ1) is 6.08. The van der Waals surface area contributed by atoms with Gasteiger partial charge in [0.2, 0.25) is 0 Å². The molecule has 0 amide bonds. The van der Waals surface area contributed by atoms with Crippen LogP contribution in [-0.4, -0.2) is 30.6 Å². The summed E-state index contributed by atoms with van der Waals surface area (Å²) in [5.41, 5.74) is -0.871. The van der Waals surface area contributed by atoms with Crippen molar-refractivity contribution in [2.45, 2.75) is 33.0 Å². The molecule has 1 rings (SSSR count). The van der Waals surface area contributed by atoms with E-state index in [1.807, 2.05) is 6.92 Å². The standard InChI is InChI=1S/C9H16O4/c1-3-4-7-12-5-9(2,6-13-7)8(10)11/h7H,3-6H2,1-2H3,(H,10,11). The van der Waals surface area contributed by atoms with E-state index in [2.05, 4.69) is 0 Å². The number of hydrogen-bond donors (Lipinski definition) is 1. The minimum atomic E-state index is -0.871. The Balaban J connectivity index is 2.42. The molecule has 0 atom stereocenters. The molecule has 1 aliphatic rings. The van der Waals surface area contributed by atoms with Crippen molar-refractivity contribution in [3.63, 3.8) is 0 Å². The van der Waals surface area contributed by atoms with E-state index in [-0.39, 0.29) is 19.5 Å². The average Bonchev–Trinajstić information content (AvgIpc) is 2.09. The van der Waals surface area contributed by atoms with Gasteiger partial charge >= 0.3 is 5.97 Å². The molecule has 76 valence electrons. The maximum atomic E-state index is 10.8. The predicted molar refractivity (Wildman–Crippen MR) is 46.3 cm³/mol. The van der Waals surface area contributed by atoms with E-state index in [4.69, 9.17) is 14.6 Å². The van der Waals surface area contributed by atoms with Crippen molar-refractivity contribution >= 4 is 5.97 Å². The molecule has 0 radical (unpaired) electrons. The Labute approximate surface area is 77.8 Å². The van der Waals surface area contributed by atoms with Gasteiger partial charge in [-0.1, -0.05) is 13.3 Å². The van der Waals surface area contributed by atoms with E-state index < -0.39 is 11.4 Å². The van der Waals surface area contributed by atoms with Crippen molar-refractivity contribution in [2.75, 3.05) is 13.2 Å². The van der Waals surface area contributed by atoms with Gasteiger partial charge in [0.05, 0.1) is 13.2 Å². The minimum Gasteiger partial charge on any atom is -0.481 e. The van der Waals surface area contributed by atoms with Gasteiger partial charge in [0.1, 0.15) is 5.41 Å². The van der Waals surface area contributed by atoms with Crippen LogP contribution >= 0.6 is 0 Å². The molecule has 1 heterocycles. The lowest BCUT2D eigenvalue weighted by molar-refractivity contribution is -0.231. The number of carbonyl (C=O) groups is 1. The summed E-state index contributed by atoms with van der Waals surface area (Å²) in [5.74, 6) is -0.859. The van der Waals surface area contributed by atoms with Gasteiger partial charge in [0.25, 0.3) is 0 Å². The van der Waals surface area contributed by atoms with E-state index in [0.29, 0.717) is 0 Å². The smallest absolute Gasteiger partial charge is 0.314 e. The number of rotatable bonds is 3. The zero-order chi connectivity index (χ0) is 9.90. The second kappa shape index (κ2) is 4.07. The lowest BCUT2D eigenvalue weighted by Gasteiger charge is -2.34. The number of hydrogen-bond acceptors (Lipinski definition) is 3. The molecular formula is C9H16O4. The fraction of sp³-hybridized carbons (Fsp3) is 0.889. The summed E-state index contributed by atoms with van der Waals surface area (Å²) in [5, 5.41) is 8.85. The number of carboxylic acid groups (broad SMARTS) is 1. The Morgan fingerprint density at radius 3 is 2.46 bits per heavy atom. The van der Waals surface area contributed by atoms with Gasteiger partial charge in [-0.2, -0.15) is 0 Å². The molecule has 0 aromatic heterocycles. The lowest BCUT2D eigenvalue weighted by Crippen LogP contribution is -2.44. The normalized spacial score (nSPS) is 34.5. The van der Waals surface area contributed by atoms with Gasteiger partial charge in [-0.3, -0.25) is 4.79 Å². The second-order valence-electron chi connectivity index (χ2n) is 3.71. The summed E-state index contributed by atoms with van der Waals surface area (Å²) in [6, 6.07) is 0. The molecule has 0 aromatic rings. The molecule has 0 spiro atoms. The quantitative estimate of drug-likeness (QED) is 0.724. The van der Waals surface area contributed by atoms with Crippen LogP contribution in [0.2, 0.25) is 0 Å².